The minimum absolute atomic E-state index is 0.139. The van der Waals surface area contributed by atoms with Gasteiger partial charge < -0.3 is 15.5 Å². The number of aromatic nitrogens is 2. The minimum atomic E-state index is 0.139. The van der Waals surface area contributed by atoms with Crippen molar-refractivity contribution < 1.29 is 4.79 Å². The zero-order valence-corrected chi connectivity index (χ0v) is 12.5. The van der Waals surface area contributed by atoms with Crippen LogP contribution >= 0.6 is 0 Å². The molecule has 1 aliphatic rings. The number of carbonyl (C=O) groups is 1. The summed E-state index contributed by atoms with van der Waals surface area (Å²) in [5.74, 6) is 2.38. The molecule has 0 aromatic carbocycles. The van der Waals surface area contributed by atoms with Crippen LogP contribution in [0.15, 0.2) is 0 Å². The summed E-state index contributed by atoms with van der Waals surface area (Å²) in [5, 5.41) is 0. The number of anilines is 2. The summed E-state index contributed by atoms with van der Waals surface area (Å²) >= 11 is 0. The van der Waals surface area contributed by atoms with Crippen LogP contribution in [-0.2, 0) is 11.2 Å². The summed E-state index contributed by atoms with van der Waals surface area (Å²) in [6.45, 7) is 8.83. The summed E-state index contributed by atoms with van der Waals surface area (Å²) in [5.41, 5.74) is 6.91. The van der Waals surface area contributed by atoms with Gasteiger partial charge in [-0.05, 0) is 13.3 Å². The van der Waals surface area contributed by atoms with Gasteiger partial charge in [-0.25, -0.2) is 9.97 Å². The van der Waals surface area contributed by atoms with Crippen LogP contribution < -0.4 is 10.6 Å². The van der Waals surface area contributed by atoms with Crippen molar-refractivity contribution >= 4 is 17.5 Å². The van der Waals surface area contributed by atoms with Gasteiger partial charge in [-0.15, -0.1) is 0 Å². The van der Waals surface area contributed by atoms with Crippen molar-refractivity contribution in [2.24, 2.45) is 0 Å². The van der Waals surface area contributed by atoms with E-state index in [1.54, 1.807) is 6.92 Å². The zero-order valence-electron chi connectivity index (χ0n) is 12.5. The number of amides is 1. The summed E-state index contributed by atoms with van der Waals surface area (Å²) < 4.78 is 0. The number of nitrogens with zero attached hydrogens (tertiary/aromatic N) is 4. The third-order valence-corrected chi connectivity index (χ3v) is 3.76. The van der Waals surface area contributed by atoms with Gasteiger partial charge in [0, 0.05) is 45.1 Å². The van der Waals surface area contributed by atoms with E-state index < -0.39 is 0 Å². The molecule has 0 radical (unpaired) electrons. The van der Waals surface area contributed by atoms with Crippen LogP contribution in [0.1, 0.15) is 31.7 Å². The van der Waals surface area contributed by atoms with Crippen molar-refractivity contribution in [1.29, 1.82) is 0 Å². The lowest BCUT2D eigenvalue weighted by atomic mass is 10.2. The third-order valence-electron chi connectivity index (χ3n) is 3.76. The highest BCUT2D eigenvalue weighted by molar-refractivity contribution is 5.73. The number of nitrogen functional groups attached to an aromatic ring is 1. The molecule has 0 atom stereocenters. The van der Waals surface area contributed by atoms with Gasteiger partial charge in [0.05, 0.1) is 0 Å². The number of hydrogen-bond acceptors (Lipinski definition) is 5. The smallest absolute Gasteiger partial charge is 0.219 e. The molecule has 0 bridgehead atoms. The highest BCUT2D eigenvalue weighted by atomic mass is 16.2. The van der Waals surface area contributed by atoms with Crippen LogP contribution in [0.4, 0.5) is 11.6 Å². The number of carbonyl (C=O) groups excluding carboxylic acids is 1. The summed E-state index contributed by atoms with van der Waals surface area (Å²) in [4.78, 5) is 24.5. The maximum absolute atomic E-state index is 11.5. The van der Waals surface area contributed by atoms with E-state index in [1.807, 2.05) is 18.7 Å². The molecule has 0 unspecified atom stereocenters. The van der Waals surface area contributed by atoms with Gasteiger partial charge in [-0.1, -0.05) is 6.92 Å². The lowest BCUT2D eigenvalue weighted by Crippen LogP contribution is -2.34. The SMILES string of the molecule is CCc1nc(N)c(C)c(N2CCCN(C(C)=O)CC2)n1. The molecular formula is C14H23N5O. The number of nitrogens with two attached hydrogens (primary N) is 1. The number of rotatable bonds is 2. The van der Waals surface area contributed by atoms with E-state index in [0.717, 1.165) is 56.2 Å². The first-order valence-electron chi connectivity index (χ1n) is 7.16. The molecule has 2 N–H and O–H groups in total. The molecule has 0 spiro atoms. The fourth-order valence-electron chi connectivity index (χ4n) is 2.48. The molecule has 1 aromatic heterocycles. The fraction of sp³-hybridized carbons (Fsp3) is 0.643. The summed E-state index contributed by atoms with van der Waals surface area (Å²) in [6, 6.07) is 0. The van der Waals surface area contributed by atoms with E-state index in [9.17, 15) is 4.79 Å². The standard InChI is InChI=1S/C14H23N5O/c1-4-12-16-13(15)10(2)14(17-12)19-7-5-6-18(8-9-19)11(3)20/h4-9H2,1-3H3,(H2,15,16,17). The highest BCUT2D eigenvalue weighted by Crippen LogP contribution is 2.23. The van der Waals surface area contributed by atoms with Crippen LogP contribution in [0.25, 0.3) is 0 Å². The van der Waals surface area contributed by atoms with E-state index in [-0.39, 0.29) is 5.91 Å². The lowest BCUT2D eigenvalue weighted by Gasteiger charge is -2.24. The molecule has 0 saturated carbocycles. The molecule has 20 heavy (non-hydrogen) atoms. The van der Waals surface area contributed by atoms with Crippen LogP contribution in [0.5, 0.6) is 0 Å². The molecule has 1 fully saturated rings. The van der Waals surface area contributed by atoms with Crippen molar-refractivity contribution in [2.75, 3.05) is 36.8 Å². The Hall–Kier alpha value is -1.85. The first-order chi connectivity index (χ1) is 9.52. The average Bonchev–Trinajstić information content (AvgIpc) is 2.67. The molecule has 2 rings (SSSR count). The van der Waals surface area contributed by atoms with Crippen molar-refractivity contribution in [3.63, 3.8) is 0 Å². The van der Waals surface area contributed by atoms with Crippen molar-refractivity contribution in [1.82, 2.24) is 14.9 Å². The largest absolute Gasteiger partial charge is 0.383 e. The average molecular weight is 277 g/mol. The predicted octanol–water partition coefficient (Wildman–Crippen LogP) is 0.988. The summed E-state index contributed by atoms with van der Waals surface area (Å²) in [7, 11) is 0. The van der Waals surface area contributed by atoms with Crippen LogP contribution in [0.2, 0.25) is 0 Å². The molecule has 6 heteroatoms. The predicted molar refractivity (Wildman–Crippen MR) is 79.6 cm³/mol. The molecule has 1 aliphatic heterocycles. The molecule has 1 amide bonds. The lowest BCUT2D eigenvalue weighted by molar-refractivity contribution is -0.128. The van der Waals surface area contributed by atoms with Crippen molar-refractivity contribution in [2.45, 2.75) is 33.6 Å². The second-order valence-corrected chi connectivity index (χ2v) is 5.17. The van der Waals surface area contributed by atoms with Gasteiger partial charge in [-0.3, -0.25) is 4.79 Å². The first-order valence-corrected chi connectivity index (χ1v) is 7.16. The minimum Gasteiger partial charge on any atom is -0.383 e. The normalized spacial score (nSPS) is 16.1. The molecular weight excluding hydrogens is 254 g/mol. The Kier molecular flexibility index (Phi) is 4.42. The Morgan fingerprint density at radius 2 is 2.00 bits per heavy atom. The van der Waals surface area contributed by atoms with E-state index >= 15 is 0 Å². The van der Waals surface area contributed by atoms with Gasteiger partial charge in [-0.2, -0.15) is 0 Å². The third kappa shape index (κ3) is 3.00. The topological polar surface area (TPSA) is 75.3 Å². The molecule has 110 valence electrons. The maximum Gasteiger partial charge on any atom is 0.219 e. The van der Waals surface area contributed by atoms with Crippen LogP contribution in [0.3, 0.4) is 0 Å². The van der Waals surface area contributed by atoms with Gasteiger partial charge in [0.1, 0.15) is 17.5 Å². The monoisotopic (exact) mass is 277 g/mol. The van der Waals surface area contributed by atoms with Crippen molar-refractivity contribution in [3.8, 4) is 0 Å². The molecule has 1 aromatic rings. The second-order valence-electron chi connectivity index (χ2n) is 5.17. The van der Waals surface area contributed by atoms with E-state index in [4.69, 9.17) is 5.73 Å². The highest BCUT2D eigenvalue weighted by Gasteiger charge is 2.20. The molecule has 6 nitrogen and oxygen atoms in total. The molecule has 2 heterocycles. The van der Waals surface area contributed by atoms with Crippen LogP contribution in [0, 0.1) is 6.92 Å². The molecule has 1 saturated heterocycles. The quantitative estimate of drug-likeness (QED) is 0.872. The Bertz CT molecular complexity index is 503. The number of aryl methyl sites for hydroxylation is 1. The maximum atomic E-state index is 11.5. The van der Waals surface area contributed by atoms with Gasteiger partial charge in [0.25, 0.3) is 0 Å². The Labute approximate surface area is 120 Å². The molecule has 0 aliphatic carbocycles. The van der Waals surface area contributed by atoms with Crippen molar-refractivity contribution in [3.05, 3.63) is 11.4 Å². The summed E-state index contributed by atoms with van der Waals surface area (Å²) in [6.07, 6.45) is 1.72. The Morgan fingerprint density at radius 1 is 1.25 bits per heavy atom. The zero-order chi connectivity index (χ0) is 14.7. The Balaban J connectivity index is 2.23. The van der Waals surface area contributed by atoms with Gasteiger partial charge in [0.15, 0.2) is 0 Å². The van der Waals surface area contributed by atoms with E-state index in [2.05, 4.69) is 14.9 Å². The van der Waals surface area contributed by atoms with Gasteiger partial charge >= 0.3 is 0 Å². The van der Waals surface area contributed by atoms with E-state index in [1.165, 1.54) is 0 Å². The fourth-order valence-corrected chi connectivity index (χ4v) is 2.48. The Morgan fingerprint density at radius 3 is 2.65 bits per heavy atom. The number of hydrogen-bond donors (Lipinski definition) is 1. The first kappa shape index (κ1) is 14.6. The van der Waals surface area contributed by atoms with Gasteiger partial charge in [0.2, 0.25) is 5.91 Å². The van der Waals surface area contributed by atoms with Crippen LogP contribution in [-0.4, -0.2) is 47.0 Å². The second kappa shape index (κ2) is 6.07. The van der Waals surface area contributed by atoms with E-state index in [0.29, 0.717) is 5.82 Å².